The second kappa shape index (κ2) is 3.43. The number of rotatable bonds is 2. The summed E-state index contributed by atoms with van der Waals surface area (Å²) in [5.74, 6) is -0.210. The van der Waals surface area contributed by atoms with Crippen LogP contribution in [0.1, 0.15) is 15.4 Å². The Morgan fingerprint density at radius 3 is 2.73 bits per heavy atom. The molecule has 3 N–H and O–H groups in total. The average molecular weight is 223 g/mol. The molecule has 15 heavy (non-hydrogen) atoms. The van der Waals surface area contributed by atoms with E-state index in [0.29, 0.717) is 5.69 Å². The SMILES string of the molecule is Cc1cc(-c2cc(N)c(C(=O)O)s2)co1. The van der Waals surface area contributed by atoms with Crippen molar-refractivity contribution in [2.75, 3.05) is 5.73 Å². The molecule has 2 aromatic heterocycles. The first-order valence-corrected chi connectivity index (χ1v) is 5.07. The van der Waals surface area contributed by atoms with E-state index in [1.165, 1.54) is 0 Å². The van der Waals surface area contributed by atoms with Gasteiger partial charge in [0.25, 0.3) is 0 Å². The minimum Gasteiger partial charge on any atom is -0.477 e. The van der Waals surface area contributed by atoms with Gasteiger partial charge in [0.15, 0.2) is 0 Å². The van der Waals surface area contributed by atoms with Gasteiger partial charge in [-0.25, -0.2) is 4.79 Å². The summed E-state index contributed by atoms with van der Waals surface area (Å²) in [6.45, 7) is 1.83. The van der Waals surface area contributed by atoms with Crippen LogP contribution in [0.4, 0.5) is 5.69 Å². The number of carboxylic acids is 1. The summed E-state index contributed by atoms with van der Waals surface area (Å²) < 4.78 is 5.15. The van der Waals surface area contributed by atoms with E-state index in [1.54, 1.807) is 12.3 Å². The third-order valence-electron chi connectivity index (χ3n) is 1.97. The molecular formula is C10H9NO3S. The highest BCUT2D eigenvalue weighted by atomic mass is 32.1. The number of aromatic carboxylic acids is 1. The van der Waals surface area contributed by atoms with Gasteiger partial charge in [0.2, 0.25) is 0 Å². The molecule has 2 heterocycles. The monoisotopic (exact) mass is 223 g/mol. The summed E-state index contributed by atoms with van der Waals surface area (Å²) in [7, 11) is 0. The maximum atomic E-state index is 10.8. The van der Waals surface area contributed by atoms with Crippen molar-refractivity contribution >= 4 is 23.0 Å². The van der Waals surface area contributed by atoms with Gasteiger partial charge in [-0.2, -0.15) is 0 Å². The summed E-state index contributed by atoms with van der Waals surface area (Å²) in [5.41, 5.74) is 6.74. The van der Waals surface area contributed by atoms with Crippen LogP contribution in [0, 0.1) is 6.92 Å². The van der Waals surface area contributed by atoms with Crippen LogP contribution in [0.3, 0.4) is 0 Å². The largest absolute Gasteiger partial charge is 0.477 e. The first-order chi connectivity index (χ1) is 7.08. The molecule has 2 rings (SSSR count). The van der Waals surface area contributed by atoms with Gasteiger partial charge in [0, 0.05) is 10.4 Å². The van der Waals surface area contributed by atoms with Crippen LogP contribution in [0.25, 0.3) is 10.4 Å². The summed E-state index contributed by atoms with van der Waals surface area (Å²) >= 11 is 1.15. The third kappa shape index (κ3) is 1.73. The number of nitrogens with two attached hydrogens (primary N) is 1. The number of carbonyl (C=O) groups is 1. The maximum Gasteiger partial charge on any atom is 0.348 e. The van der Waals surface area contributed by atoms with E-state index in [9.17, 15) is 4.79 Å². The lowest BCUT2D eigenvalue weighted by Crippen LogP contribution is -1.96. The van der Waals surface area contributed by atoms with Crippen molar-refractivity contribution in [1.82, 2.24) is 0 Å². The lowest BCUT2D eigenvalue weighted by molar-refractivity contribution is 0.0703. The van der Waals surface area contributed by atoms with Crippen molar-refractivity contribution in [2.45, 2.75) is 6.92 Å². The lowest BCUT2D eigenvalue weighted by Gasteiger charge is -1.87. The number of anilines is 1. The van der Waals surface area contributed by atoms with Crippen LogP contribution in [-0.4, -0.2) is 11.1 Å². The van der Waals surface area contributed by atoms with Crippen molar-refractivity contribution in [3.05, 3.63) is 29.0 Å². The van der Waals surface area contributed by atoms with Crippen molar-refractivity contribution in [3.63, 3.8) is 0 Å². The molecule has 0 aliphatic carbocycles. The molecule has 0 aromatic carbocycles. The number of hydrogen-bond acceptors (Lipinski definition) is 4. The molecule has 0 aliphatic rings. The Bertz CT molecular complexity index is 512. The fraction of sp³-hybridized carbons (Fsp3) is 0.100. The van der Waals surface area contributed by atoms with Gasteiger partial charge in [-0.1, -0.05) is 0 Å². The normalized spacial score (nSPS) is 10.5. The topological polar surface area (TPSA) is 76.5 Å². The van der Waals surface area contributed by atoms with Crippen LogP contribution in [0.5, 0.6) is 0 Å². The first-order valence-electron chi connectivity index (χ1n) is 4.26. The summed E-state index contributed by atoms with van der Waals surface area (Å²) in [6, 6.07) is 3.50. The van der Waals surface area contributed by atoms with E-state index in [1.807, 2.05) is 13.0 Å². The third-order valence-corrected chi connectivity index (χ3v) is 3.16. The van der Waals surface area contributed by atoms with Gasteiger partial charge in [-0.3, -0.25) is 0 Å². The molecular weight excluding hydrogens is 214 g/mol. The molecule has 0 saturated heterocycles. The summed E-state index contributed by atoms with van der Waals surface area (Å²) in [4.78, 5) is 11.8. The second-order valence-electron chi connectivity index (χ2n) is 3.15. The van der Waals surface area contributed by atoms with Crippen molar-refractivity contribution in [3.8, 4) is 10.4 Å². The van der Waals surface area contributed by atoms with Gasteiger partial charge in [-0.15, -0.1) is 11.3 Å². The van der Waals surface area contributed by atoms with E-state index >= 15 is 0 Å². The van der Waals surface area contributed by atoms with Gasteiger partial charge in [-0.05, 0) is 19.1 Å². The van der Waals surface area contributed by atoms with Crippen molar-refractivity contribution < 1.29 is 14.3 Å². The Morgan fingerprint density at radius 2 is 2.27 bits per heavy atom. The molecule has 0 unspecified atom stereocenters. The van der Waals surface area contributed by atoms with Crippen molar-refractivity contribution in [2.24, 2.45) is 0 Å². The molecule has 0 radical (unpaired) electrons. The van der Waals surface area contributed by atoms with Crippen LogP contribution in [0.2, 0.25) is 0 Å². The minimum atomic E-state index is -0.996. The van der Waals surface area contributed by atoms with E-state index in [4.69, 9.17) is 15.3 Å². The van der Waals surface area contributed by atoms with Crippen LogP contribution >= 0.6 is 11.3 Å². The van der Waals surface area contributed by atoms with Gasteiger partial charge < -0.3 is 15.3 Å². The Balaban J connectivity index is 2.46. The quantitative estimate of drug-likeness (QED) is 0.820. The molecule has 0 aliphatic heterocycles. The molecule has 0 bridgehead atoms. The van der Waals surface area contributed by atoms with Gasteiger partial charge in [0.1, 0.15) is 10.6 Å². The fourth-order valence-electron chi connectivity index (χ4n) is 1.29. The second-order valence-corrected chi connectivity index (χ2v) is 4.20. The number of thiophene rings is 1. The Hall–Kier alpha value is -1.75. The molecule has 4 nitrogen and oxygen atoms in total. The number of carboxylic acid groups (broad SMARTS) is 1. The zero-order valence-corrected chi connectivity index (χ0v) is 8.80. The number of hydrogen-bond donors (Lipinski definition) is 2. The molecule has 0 amide bonds. The van der Waals surface area contributed by atoms with E-state index < -0.39 is 5.97 Å². The van der Waals surface area contributed by atoms with Crippen LogP contribution in [-0.2, 0) is 0 Å². The molecule has 2 aromatic rings. The molecule has 78 valence electrons. The van der Waals surface area contributed by atoms with E-state index in [-0.39, 0.29) is 4.88 Å². The Kier molecular flexibility index (Phi) is 2.24. The molecule has 0 fully saturated rings. The predicted octanol–water partition coefficient (Wildman–Crippen LogP) is 2.60. The van der Waals surface area contributed by atoms with Crippen LogP contribution < -0.4 is 5.73 Å². The maximum absolute atomic E-state index is 10.8. The zero-order valence-electron chi connectivity index (χ0n) is 7.98. The van der Waals surface area contributed by atoms with Gasteiger partial charge >= 0.3 is 5.97 Å². The Morgan fingerprint density at radius 1 is 1.53 bits per heavy atom. The van der Waals surface area contributed by atoms with E-state index in [0.717, 1.165) is 27.5 Å². The summed E-state index contributed by atoms with van der Waals surface area (Å²) in [6.07, 6.45) is 1.59. The lowest BCUT2D eigenvalue weighted by atomic mass is 10.2. The van der Waals surface area contributed by atoms with Crippen molar-refractivity contribution in [1.29, 1.82) is 0 Å². The fourth-order valence-corrected chi connectivity index (χ4v) is 2.18. The summed E-state index contributed by atoms with van der Waals surface area (Å²) in [5, 5.41) is 8.84. The van der Waals surface area contributed by atoms with E-state index in [2.05, 4.69) is 0 Å². The average Bonchev–Trinajstić information content (AvgIpc) is 2.71. The predicted molar refractivity (Wildman–Crippen MR) is 58.1 cm³/mol. The Labute approximate surface area is 89.9 Å². The minimum absolute atomic E-state index is 0.170. The highest BCUT2D eigenvalue weighted by molar-refractivity contribution is 7.17. The van der Waals surface area contributed by atoms with Gasteiger partial charge in [0.05, 0.1) is 12.0 Å². The highest BCUT2D eigenvalue weighted by Gasteiger charge is 2.14. The molecule has 5 heteroatoms. The number of nitrogen functional groups attached to an aromatic ring is 1. The highest BCUT2D eigenvalue weighted by Crippen LogP contribution is 2.33. The standard InChI is InChI=1S/C10H9NO3S/c1-5-2-6(4-14-5)8-3-7(11)9(15-8)10(12)13/h2-4H,11H2,1H3,(H,12,13). The number of furan rings is 1. The molecule has 0 saturated carbocycles. The first kappa shape index (κ1) is 9.79. The zero-order chi connectivity index (χ0) is 11.0. The molecule has 0 spiro atoms. The number of aryl methyl sites for hydroxylation is 1. The molecule has 0 atom stereocenters. The smallest absolute Gasteiger partial charge is 0.348 e. The van der Waals surface area contributed by atoms with Crippen LogP contribution in [0.15, 0.2) is 22.8 Å².